The molecule has 1 fully saturated rings. The van der Waals surface area contributed by atoms with Crippen molar-refractivity contribution in [3.8, 4) is 0 Å². The number of hydrogen-bond acceptors (Lipinski definition) is 4. The molecule has 3 rings (SSSR count). The van der Waals surface area contributed by atoms with E-state index < -0.39 is 0 Å². The van der Waals surface area contributed by atoms with E-state index >= 15 is 0 Å². The molecule has 2 aromatic rings. The Morgan fingerprint density at radius 1 is 1.16 bits per heavy atom. The van der Waals surface area contributed by atoms with Gasteiger partial charge in [0.25, 0.3) is 5.91 Å². The number of anilines is 1. The van der Waals surface area contributed by atoms with Gasteiger partial charge in [0, 0.05) is 22.5 Å². The van der Waals surface area contributed by atoms with E-state index in [0.29, 0.717) is 10.6 Å². The number of carbonyl (C=O) groups is 2. The lowest BCUT2D eigenvalue weighted by Crippen LogP contribution is -2.27. The van der Waals surface area contributed by atoms with Crippen LogP contribution in [0.25, 0.3) is 10.1 Å². The van der Waals surface area contributed by atoms with Crippen LogP contribution in [0.3, 0.4) is 0 Å². The van der Waals surface area contributed by atoms with Crippen LogP contribution in [0, 0.1) is 16.7 Å². The molecule has 0 bridgehead atoms. The van der Waals surface area contributed by atoms with Gasteiger partial charge < -0.3 is 15.7 Å². The van der Waals surface area contributed by atoms with Crippen LogP contribution in [0.15, 0.2) is 24.3 Å². The monoisotopic (exact) mass is 360 g/mol. The molecule has 0 aliphatic heterocycles. The number of benzene rings is 1. The Labute approximate surface area is 151 Å². The second-order valence-corrected chi connectivity index (χ2v) is 8.70. The molecule has 2 amide bonds. The van der Waals surface area contributed by atoms with Crippen molar-refractivity contribution in [1.82, 2.24) is 5.32 Å². The fraction of sp³-hybridized carbons (Fsp3) is 0.474. The summed E-state index contributed by atoms with van der Waals surface area (Å²) in [5.74, 6) is -0.410. The first-order chi connectivity index (χ1) is 11.7. The molecule has 25 heavy (non-hydrogen) atoms. The Morgan fingerprint density at radius 2 is 1.80 bits per heavy atom. The van der Waals surface area contributed by atoms with Gasteiger partial charge in [-0.3, -0.25) is 9.59 Å². The first kappa shape index (κ1) is 17.9. The lowest BCUT2D eigenvalue weighted by molar-refractivity contribution is -0.118. The number of fused-ring (bicyclic) bond motifs is 1. The molecule has 1 aliphatic rings. The third kappa shape index (κ3) is 2.83. The Bertz CT molecular complexity index is 824. The van der Waals surface area contributed by atoms with Crippen molar-refractivity contribution in [3.05, 3.63) is 29.8 Å². The molecule has 0 radical (unpaired) electrons. The lowest BCUT2D eigenvalue weighted by atomic mass is 10.0. The summed E-state index contributed by atoms with van der Waals surface area (Å²) in [6, 6.07) is 7.59. The second-order valence-electron chi connectivity index (χ2n) is 7.65. The summed E-state index contributed by atoms with van der Waals surface area (Å²) in [5.41, 5.74) is 0.346. The molecular formula is C19H24N2O3S. The zero-order chi connectivity index (χ0) is 18.4. The fourth-order valence-corrected chi connectivity index (χ4v) is 4.76. The number of amides is 2. The maximum Gasteiger partial charge on any atom is 0.255 e. The van der Waals surface area contributed by atoms with Gasteiger partial charge in [0.05, 0.1) is 12.2 Å². The van der Waals surface area contributed by atoms with Crippen molar-refractivity contribution in [2.45, 2.75) is 27.7 Å². The third-order valence-corrected chi connectivity index (χ3v) is 6.83. The molecule has 1 aromatic heterocycles. The second kappa shape index (κ2) is 6.11. The molecule has 1 saturated carbocycles. The van der Waals surface area contributed by atoms with E-state index in [0.717, 1.165) is 10.1 Å². The highest BCUT2D eigenvalue weighted by Crippen LogP contribution is 2.68. The summed E-state index contributed by atoms with van der Waals surface area (Å²) in [4.78, 5) is 25.3. The van der Waals surface area contributed by atoms with E-state index in [9.17, 15) is 9.59 Å². The van der Waals surface area contributed by atoms with Gasteiger partial charge in [-0.05, 0) is 16.9 Å². The van der Waals surface area contributed by atoms with E-state index in [1.54, 1.807) is 0 Å². The summed E-state index contributed by atoms with van der Waals surface area (Å²) >= 11 is 1.40. The van der Waals surface area contributed by atoms with Crippen molar-refractivity contribution >= 4 is 38.2 Å². The van der Waals surface area contributed by atoms with E-state index in [1.807, 2.05) is 24.3 Å². The molecule has 0 unspecified atom stereocenters. The number of rotatable bonds is 5. The highest BCUT2D eigenvalue weighted by Gasteiger charge is 2.68. The van der Waals surface area contributed by atoms with E-state index in [-0.39, 0.29) is 41.7 Å². The average molecular weight is 360 g/mol. The van der Waals surface area contributed by atoms with Gasteiger partial charge in [-0.15, -0.1) is 11.3 Å². The van der Waals surface area contributed by atoms with Gasteiger partial charge in [-0.1, -0.05) is 45.9 Å². The van der Waals surface area contributed by atoms with Crippen LogP contribution in [0.5, 0.6) is 0 Å². The molecule has 1 aromatic carbocycles. The minimum Gasteiger partial charge on any atom is -0.395 e. The van der Waals surface area contributed by atoms with E-state index in [1.165, 1.54) is 11.3 Å². The Hall–Kier alpha value is -1.92. The summed E-state index contributed by atoms with van der Waals surface area (Å²) in [5, 5.41) is 16.0. The summed E-state index contributed by atoms with van der Waals surface area (Å²) in [6.45, 7) is 8.43. The van der Waals surface area contributed by atoms with Crippen molar-refractivity contribution in [3.63, 3.8) is 0 Å². The molecule has 1 heterocycles. The summed E-state index contributed by atoms with van der Waals surface area (Å²) in [6.07, 6.45) is 0. The topological polar surface area (TPSA) is 78.4 Å². The smallest absolute Gasteiger partial charge is 0.255 e. The lowest BCUT2D eigenvalue weighted by Gasteiger charge is -2.08. The predicted octanol–water partition coefficient (Wildman–Crippen LogP) is 3.24. The minimum atomic E-state index is -0.281. The number of hydrogen-bond donors (Lipinski definition) is 3. The van der Waals surface area contributed by atoms with Crippen LogP contribution in [-0.2, 0) is 4.79 Å². The molecule has 5 nitrogen and oxygen atoms in total. The fourth-order valence-electron chi connectivity index (χ4n) is 3.65. The third-order valence-electron chi connectivity index (χ3n) is 5.74. The van der Waals surface area contributed by atoms with Crippen LogP contribution in [0.4, 0.5) is 5.00 Å². The molecule has 6 heteroatoms. The molecule has 0 atom stereocenters. The standard InChI is InChI=1S/C19H24N2O3S/c1-18(2)14(19(18,3)4)16(24)21-17-13(15(23)20-9-10-22)11-7-5-6-8-12(11)25-17/h5-8,14,22H,9-10H2,1-4H3,(H,20,23)(H,21,24). The number of thiophene rings is 1. The SMILES string of the molecule is CC1(C)C(C(=O)Nc2sc3ccccc3c2C(=O)NCCO)C1(C)C. The van der Waals surface area contributed by atoms with Crippen molar-refractivity contribution in [2.24, 2.45) is 16.7 Å². The number of carbonyl (C=O) groups excluding carboxylic acids is 2. The van der Waals surface area contributed by atoms with Crippen LogP contribution < -0.4 is 10.6 Å². The largest absolute Gasteiger partial charge is 0.395 e. The molecule has 0 saturated heterocycles. The molecule has 1 aliphatic carbocycles. The van der Waals surface area contributed by atoms with Gasteiger partial charge in [0.2, 0.25) is 5.91 Å². The molecule has 134 valence electrons. The predicted molar refractivity (Wildman–Crippen MR) is 101 cm³/mol. The van der Waals surface area contributed by atoms with Crippen molar-refractivity contribution in [2.75, 3.05) is 18.5 Å². The molecule has 3 N–H and O–H groups in total. The van der Waals surface area contributed by atoms with Gasteiger partial charge in [0.15, 0.2) is 0 Å². The zero-order valence-electron chi connectivity index (χ0n) is 15.0. The summed E-state index contributed by atoms with van der Waals surface area (Å²) < 4.78 is 0.946. The number of nitrogens with one attached hydrogen (secondary N) is 2. The Kier molecular flexibility index (Phi) is 4.37. The maximum absolute atomic E-state index is 12.8. The van der Waals surface area contributed by atoms with Gasteiger partial charge >= 0.3 is 0 Å². The number of aliphatic hydroxyl groups is 1. The van der Waals surface area contributed by atoms with Crippen LogP contribution in [0.1, 0.15) is 38.1 Å². The first-order valence-electron chi connectivity index (χ1n) is 8.43. The van der Waals surface area contributed by atoms with Gasteiger partial charge in [0.1, 0.15) is 5.00 Å². The minimum absolute atomic E-state index is 0.0437. The van der Waals surface area contributed by atoms with Gasteiger partial charge in [-0.25, -0.2) is 0 Å². The first-order valence-corrected chi connectivity index (χ1v) is 9.25. The van der Waals surface area contributed by atoms with Crippen LogP contribution in [-0.4, -0.2) is 30.1 Å². The van der Waals surface area contributed by atoms with Gasteiger partial charge in [-0.2, -0.15) is 0 Å². The highest BCUT2D eigenvalue weighted by atomic mass is 32.1. The normalized spacial score (nSPS) is 18.1. The van der Waals surface area contributed by atoms with Crippen molar-refractivity contribution < 1.29 is 14.7 Å². The average Bonchev–Trinajstić information content (AvgIpc) is 2.81. The highest BCUT2D eigenvalue weighted by molar-refractivity contribution is 7.23. The molecule has 0 spiro atoms. The van der Waals surface area contributed by atoms with E-state index in [2.05, 4.69) is 38.3 Å². The molecular weight excluding hydrogens is 336 g/mol. The maximum atomic E-state index is 12.8. The Balaban J connectivity index is 1.93. The van der Waals surface area contributed by atoms with Crippen LogP contribution >= 0.6 is 11.3 Å². The zero-order valence-corrected chi connectivity index (χ0v) is 15.8. The Morgan fingerprint density at radius 3 is 2.40 bits per heavy atom. The van der Waals surface area contributed by atoms with Crippen molar-refractivity contribution in [1.29, 1.82) is 0 Å². The number of aliphatic hydroxyl groups excluding tert-OH is 1. The quantitative estimate of drug-likeness (QED) is 0.766. The van der Waals surface area contributed by atoms with E-state index in [4.69, 9.17) is 5.11 Å². The van der Waals surface area contributed by atoms with Crippen LogP contribution in [0.2, 0.25) is 0 Å². The summed E-state index contributed by atoms with van der Waals surface area (Å²) in [7, 11) is 0.